The second-order valence-corrected chi connectivity index (χ2v) is 5.76. The Morgan fingerprint density at radius 2 is 2.09 bits per heavy atom. The Balaban J connectivity index is 1.74. The van der Waals surface area contributed by atoms with E-state index in [1.54, 1.807) is 6.20 Å². The average Bonchev–Trinajstić information content (AvgIpc) is 2.99. The van der Waals surface area contributed by atoms with E-state index in [0.717, 1.165) is 40.7 Å². The Hall–Kier alpha value is -2.60. The predicted molar refractivity (Wildman–Crippen MR) is 86.4 cm³/mol. The van der Waals surface area contributed by atoms with Crippen molar-refractivity contribution in [3.05, 3.63) is 36.5 Å². The normalized spacial score (nSPS) is 20.8. The second kappa shape index (κ2) is 4.99. The fraction of sp³-hybridized carbons (Fsp3) is 0.250. The van der Waals surface area contributed by atoms with Crippen molar-refractivity contribution in [2.24, 2.45) is 0 Å². The lowest BCUT2D eigenvalue weighted by atomic mass is 9.89. The van der Waals surface area contributed by atoms with E-state index in [0.29, 0.717) is 11.9 Å². The summed E-state index contributed by atoms with van der Waals surface area (Å²) in [5.74, 6) is 0.483. The molecule has 0 spiro atoms. The number of anilines is 2. The molecule has 1 fully saturated rings. The average molecular weight is 295 g/mol. The van der Waals surface area contributed by atoms with Gasteiger partial charge in [0.15, 0.2) is 0 Å². The first-order valence-electron chi connectivity index (χ1n) is 7.33. The molecular formula is C16H17N5O. The molecule has 0 unspecified atom stereocenters. The van der Waals surface area contributed by atoms with E-state index in [-0.39, 0.29) is 6.10 Å². The van der Waals surface area contributed by atoms with Crippen LogP contribution in [0.5, 0.6) is 0 Å². The van der Waals surface area contributed by atoms with Gasteiger partial charge in [-0.05, 0) is 25.0 Å². The molecule has 1 aliphatic rings. The molecule has 0 amide bonds. The van der Waals surface area contributed by atoms with Gasteiger partial charge < -0.3 is 16.2 Å². The lowest BCUT2D eigenvalue weighted by Gasteiger charge is -2.33. The summed E-state index contributed by atoms with van der Waals surface area (Å²) < 4.78 is 0. The summed E-state index contributed by atoms with van der Waals surface area (Å²) >= 11 is 0. The number of aliphatic hydroxyl groups excluding tert-OH is 1. The van der Waals surface area contributed by atoms with Crippen LogP contribution < -0.4 is 11.1 Å². The fourth-order valence-electron chi connectivity index (χ4n) is 2.88. The van der Waals surface area contributed by atoms with Crippen molar-refractivity contribution in [3.8, 4) is 11.3 Å². The molecule has 6 heteroatoms. The summed E-state index contributed by atoms with van der Waals surface area (Å²) in [6.45, 7) is 0. The van der Waals surface area contributed by atoms with E-state index in [9.17, 15) is 5.11 Å². The first kappa shape index (κ1) is 13.1. The Labute approximate surface area is 127 Å². The van der Waals surface area contributed by atoms with Crippen LogP contribution in [0, 0.1) is 0 Å². The zero-order valence-electron chi connectivity index (χ0n) is 12.0. The molecule has 0 bridgehead atoms. The van der Waals surface area contributed by atoms with Gasteiger partial charge in [0.05, 0.1) is 17.3 Å². The number of H-pyrrole nitrogens is 1. The molecule has 6 nitrogen and oxygen atoms in total. The minimum Gasteiger partial charge on any atom is -0.393 e. The van der Waals surface area contributed by atoms with Gasteiger partial charge in [-0.2, -0.15) is 5.10 Å². The van der Waals surface area contributed by atoms with Crippen LogP contribution in [0.4, 0.5) is 11.5 Å². The number of nitrogens with zero attached hydrogens (tertiary/aromatic N) is 2. The molecule has 0 saturated heterocycles. The number of nitrogens with one attached hydrogen (secondary N) is 2. The van der Waals surface area contributed by atoms with Crippen LogP contribution in [0.15, 0.2) is 36.5 Å². The number of hydrogen-bond acceptors (Lipinski definition) is 5. The van der Waals surface area contributed by atoms with Crippen LogP contribution in [0.25, 0.3) is 22.2 Å². The Morgan fingerprint density at radius 3 is 2.82 bits per heavy atom. The van der Waals surface area contributed by atoms with Crippen molar-refractivity contribution in [1.29, 1.82) is 0 Å². The largest absolute Gasteiger partial charge is 0.393 e. The standard InChI is InChI=1S/C16H17N5O/c17-16-8-15(19-10-6-11(22)7-10)12-2-1-9(5-14(12)20-16)13-3-4-18-21-13/h1-5,8,10-11,22H,6-7H2,(H,18,21)(H3,17,19,20)/t10-,11-. The molecule has 5 N–H and O–H groups in total. The Kier molecular flexibility index (Phi) is 2.97. The zero-order valence-corrected chi connectivity index (χ0v) is 12.0. The van der Waals surface area contributed by atoms with Gasteiger partial charge in [-0.15, -0.1) is 0 Å². The lowest BCUT2D eigenvalue weighted by molar-refractivity contribution is 0.0837. The van der Waals surface area contributed by atoms with Crippen LogP contribution >= 0.6 is 0 Å². The molecule has 0 atom stereocenters. The van der Waals surface area contributed by atoms with E-state index < -0.39 is 0 Å². The lowest BCUT2D eigenvalue weighted by Crippen LogP contribution is -2.39. The van der Waals surface area contributed by atoms with Gasteiger partial charge in [-0.1, -0.05) is 12.1 Å². The number of hydrogen-bond donors (Lipinski definition) is 4. The summed E-state index contributed by atoms with van der Waals surface area (Å²) in [6, 6.07) is 10.1. The van der Waals surface area contributed by atoms with Crippen molar-refractivity contribution >= 4 is 22.4 Å². The van der Waals surface area contributed by atoms with Crippen molar-refractivity contribution in [1.82, 2.24) is 15.2 Å². The molecule has 1 saturated carbocycles. The smallest absolute Gasteiger partial charge is 0.126 e. The molecule has 1 aromatic carbocycles. The monoisotopic (exact) mass is 295 g/mol. The van der Waals surface area contributed by atoms with Crippen molar-refractivity contribution in [2.45, 2.75) is 25.0 Å². The van der Waals surface area contributed by atoms with Gasteiger partial charge in [-0.3, -0.25) is 5.10 Å². The summed E-state index contributed by atoms with van der Waals surface area (Å²) in [6.07, 6.45) is 3.09. The highest BCUT2D eigenvalue weighted by Gasteiger charge is 2.27. The summed E-state index contributed by atoms with van der Waals surface area (Å²) in [4.78, 5) is 4.43. The number of rotatable bonds is 3. The molecule has 2 heterocycles. The summed E-state index contributed by atoms with van der Waals surface area (Å²) in [5.41, 5.74) is 9.71. The summed E-state index contributed by atoms with van der Waals surface area (Å²) in [5, 5.41) is 20.8. The number of aromatic nitrogens is 3. The molecule has 112 valence electrons. The highest BCUT2D eigenvalue weighted by molar-refractivity contribution is 5.95. The molecule has 0 aliphatic heterocycles. The topological polar surface area (TPSA) is 99.9 Å². The maximum atomic E-state index is 9.42. The number of aromatic amines is 1. The molecule has 4 rings (SSSR count). The van der Waals surface area contributed by atoms with E-state index in [1.807, 2.05) is 30.3 Å². The maximum Gasteiger partial charge on any atom is 0.126 e. The Morgan fingerprint density at radius 1 is 1.23 bits per heavy atom. The van der Waals surface area contributed by atoms with E-state index in [1.165, 1.54) is 0 Å². The molecule has 2 aromatic heterocycles. The minimum atomic E-state index is -0.185. The Bertz CT molecular complexity index is 809. The van der Waals surface area contributed by atoms with Crippen LogP contribution in [0.2, 0.25) is 0 Å². The van der Waals surface area contributed by atoms with Crippen LogP contribution in [0.3, 0.4) is 0 Å². The van der Waals surface area contributed by atoms with Crippen LogP contribution in [-0.2, 0) is 0 Å². The zero-order chi connectivity index (χ0) is 15.1. The van der Waals surface area contributed by atoms with Crippen LogP contribution in [0.1, 0.15) is 12.8 Å². The number of fused-ring (bicyclic) bond motifs is 1. The van der Waals surface area contributed by atoms with Crippen LogP contribution in [-0.4, -0.2) is 32.4 Å². The van der Waals surface area contributed by atoms with Crippen molar-refractivity contribution < 1.29 is 5.11 Å². The number of nitrogens with two attached hydrogens (primary N) is 1. The first-order valence-corrected chi connectivity index (χ1v) is 7.33. The third-order valence-electron chi connectivity index (χ3n) is 4.11. The van der Waals surface area contributed by atoms with Gasteiger partial charge in [0.1, 0.15) is 5.82 Å². The molecule has 1 aliphatic carbocycles. The third kappa shape index (κ3) is 2.27. The van der Waals surface area contributed by atoms with Gasteiger partial charge >= 0.3 is 0 Å². The van der Waals surface area contributed by atoms with Crippen molar-refractivity contribution in [3.63, 3.8) is 0 Å². The third-order valence-corrected chi connectivity index (χ3v) is 4.11. The number of nitrogen functional groups attached to an aromatic ring is 1. The quantitative estimate of drug-likeness (QED) is 0.593. The minimum absolute atomic E-state index is 0.185. The molecule has 22 heavy (non-hydrogen) atoms. The first-order chi connectivity index (χ1) is 10.7. The van der Waals surface area contributed by atoms with E-state index in [2.05, 4.69) is 20.5 Å². The molecule has 0 radical (unpaired) electrons. The molecule has 3 aromatic rings. The highest BCUT2D eigenvalue weighted by Crippen LogP contribution is 2.31. The summed E-state index contributed by atoms with van der Waals surface area (Å²) in [7, 11) is 0. The van der Waals surface area contributed by atoms with Gasteiger partial charge in [-0.25, -0.2) is 4.98 Å². The second-order valence-electron chi connectivity index (χ2n) is 5.76. The predicted octanol–water partition coefficient (Wildman–Crippen LogP) is 2.14. The maximum absolute atomic E-state index is 9.42. The SMILES string of the molecule is Nc1cc(N[C@H]2C[C@H](O)C2)c2ccc(-c3ccn[nH]3)cc2n1. The van der Waals surface area contributed by atoms with Crippen molar-refractivity contribution in [2.75, 3.05) is 11.1 Å². The molecular weight excluding hydrogens is 278 g/mol. The number of benzene rings is 1. The number of aliphatic hydroxyl groups is 1. The van der Waals surface area contributed by atoms with Gasteiger partial charge in [0, 0.05) is 34.9 Å². The highest BCUT2D eigenvalue weighted by atomic mass is 16.3. The van der Waals surface area contributed by atoms with E-state index in [4.69, 9.17) is 5.73 Å². The van der Waals surface area contributed by atoms with Gasteiger partial charge in [0.2, 0.25) is 0 Å². The number of pyridine rings is 1. The van der Waals surface area contributed by atoms with E-state index >= 15 is 0 Å². The van der Waals surface area contributed by atoms with Gasteiger partial charge in [0.25, 0.3) is 0 Å². The fourth-order valence-corrected chi connectivity index (χ4v) is 2.88.